The van der Waals surface area contributed by atoms with E-state index < -0.39 is 0 Å². The van der Waals surface area contributed by atoms with Crippen molar-refractivity contribution in [2.75, 3.05) is 19.7 Å². The minimum absolute atomic E-state index is 0.118. The smallest absolute Gasteiger partial charge is 0.237 e. The maximum absolute atomic E-state index is 12.5. The molecule has 1 aromatic rings. The van der Waals surface area contributed by atoms with Gasteiger partial charge in [-0.1, -0.05) is 12.8 Å². The summed E-state index contributed by atoms with van der Waals surface area (Å²) >= 11 is 0. The number of aryl methyl sites for hydroxylation is 1. The molecule has 1 saturated carbocycles. The van der Waals surface area contributed by atoms with E-state index in [1.165, 1.54) is 12.8 Å². The lowest BCUT2D eigenvalue weighted by atomic mass is 10.1. The van der Waals surface area contributed by atoms with Gasteiger partial charge in [0.1, 0.15) is 12.4 Å². The summed E-state index contributed by atoms with van der Waals surface area (Å²) in [5.41, 5.74) is 0. The van der Waals surface area contributed by atoms with Gasteiger partial charge in [-0.2, -0.15) is 0 Å². The summed E-state index contributed by atoms with van der Waals surface area (Å²) in [6.45, 7) is 6.93. The Morgan fingerprint density at radius 1 is 1.48 bits per heavy atom. The van der Waals surface area contributed by atoms with Crippen LogP contribution in [-0.4, -0.2) is 57.4 Å². The van der Waals surface area contributed by atoms with Crippen molar-refractivity contribution in [3.8, 4) is 0 Å². The second-order valence-corrected chi connectivity index (χ2v) is 6.50. The van der Waals surface area contributed by atoms with E-state index in [1.807, 2.05) is 11.5 Å². The Labute approximate surface area is 137 Å². The first-order valence-corrected chi connectivity index (χ1v) is 8.72. The monoisotopic (exact) mass is 321 g/mol. The summed E-state index contributed by atoms with van der Waals surface area (Å²) in [7, 11) is 0. The van der Waals surface area contributed by atoms with Crippen molar-refractivity contribution in [3.63, 3.8) is 0 Å². The van der Waals surface area contributed by atoms with E-state index in [4.69, 9.17) is 4.74 Å². The molecular weight excluding hydrogens is 294 g/mol. The molecule has 1 amide bonds. The van der Waals surface area contributed by atoms with E-state index in [9.17, 15) is 4.79 Å². The van der Waals surface area contributed by atoms with E-state index in [1.54, 1.807) is 6.33 Å². The first-order chi connectivity index (χ1) is 11.2. The third-order valence-corrected chi connectivity index (χ3v) is 5.00. The first-order valence-electron chi connectivity index (χ1n) is 8.72. The zero-order valence-corrected chi connectivity index (χ0v) is 14.1. The van der Waals surface area contributed by atoms with Crippen LogP contribution in [0.2, 0.25) is 0 Å². The van der Waals surface area contributed by atoms with E-state index in [2.05, 4.69) is 27.3 Å². The molecule has 128 valence electrons. The summed E-state index contributed by atoms with van der Waals surface area (Å²) in [4.78, 5) is 14.7. The molecule has 2 fully saturated rings. The molecule has 2 heterocycles. The molecule has 0 radical (unpaired) electrons. The Morgan fingerprint density at radius 2 is 2.26 bits per heavy atom. The fourth-order valence-corrected chi connectivity index (χ4v) is 3.49. The van der Waals surface area contributed by atoms with Gasteiger partial charge in [0.05, 0.1) is 12.6 Å². The van der Waals surface area contributed by atoms with Crippen LogP contribution in [0.4, 0.5) is 0 Å². The highest BCUT2D eigenvalue weighted by Gasteiger charge is 2.31. The van der Waals surface area contributed by atoms with Crippen LogP contribution in [-0.2, 0) is 16.1 Å². The molecule has 2 atom stereocenters. The van der Waals surface area contributed by atoms with Crippen LogP contribution in [0.5, 0.6) is 0 Å². The second-order valence-electron chi connectivity index (χ2n) is 6.50. The molecule has 0 unspecified atom stereocenters. The SMILES string of the molecule is CCn1cnnc1[C@@H]1CN([C@@H](C)C(=O)NC2CCCC2)CCO1. The minimum atomic E-state index is -0.139. The predicted molar refractivity (Wildman–Crippen MR) is 85.8 cm³/mol. The molecule has 7 heteroatoms. The van der Waals surface area contributed by atoms with E-state index in [-0.39, 0.29) is 18.1 Å². The Balaban J connectivity index is 1.60. The molecule has 0 bridgehead atoms. The predicted octanol–water partition coefficient (Wildman–Crippen LogP) is 1.12. The van der Waals surface area contributed by atoms with Crippen LogP contribution in [0.3, 0.4) is 0 Å². The van der Waals surface area contributed by atoms with Gasteiger partial charge in [0, 0.05) is 25.7 Å². The van der Waals surface area contributed by atoms with Gasteiger partial charge < -0.3 is 14.6 Å². The lowest BCUT2D eigenvalue weighted by Gasteiger charge is -2.36. The van der Waals surface area contributed by atoms with E-state index in [0.29, 0.717) is 19.2 Å². The molecule has 1 aromatic heterocycles. The summed E-state index contributed by atoms with van der Waals surface area (Å²) in [5, 5.41) is 11.4. The number of aromatic nitrogens is 3. The van der Waals surface area contributed by atoms with Gasteiger partial charge in [0.15, 0.2) is 5.82 Å². The summed E-state index contributed by atoms with van der Waals surface area (Å²) in [6.07, 6.45) is 6.30. The highest BCUT2D eigenvalue weighted by molar-refractivity contribution is 5.81. The second kappa shape index (κ2) is 7.40. The minimum Gasteiger partial charge on any atom is -0.368 e. The van der Waals surface area contributed by atoms with Crippen LogP contribution in [0.1, 0.15) is 51.5 Å². The van der Waals surface area contributed by atoms with E-state index >= 15 is 0 Å². The van der Waals surface area contributed by atoms with Crippen LogP contribution < -0.4 is 5.32 Å². The fraction of sp³-hybridized carbons (Fsp3) is 0.812. The van der Waals surface area contributed by atoms with Crippen LogP contribution >= 0.6 is 0 Å². The van der Waals surface area contributed by atoms with Crippen LogP contribution in [0, 0.1) is 0 Å². The average molecular weight is 321 g/mol. The third-order valence-electron chi connectivity index (χ3n) is 5.00. The highest BCUT2D eigenvalue weighted by Crippen LogP contribution is 2.22. The molecule has 7 nitrogen and oxygen atoms in total. The Bertz CT molecular complexity index is 526. The van der Waals surface area contributed by atoms with Gasteiger partial charge >= 0.3 is 0 Å². The lowest BCUT2D eigenvalue weighted by molar-refractivity contribution is -0.130. The molecule has 1 aliphatic heterocycles. The largest absolute Gasteiger partial charge is 0.368 e. The van der Waals surface area contributed by atoms with Gasteiger partial charge in [0.2, 0.25) is 5.91 Å². The number of hydrogen-bond donors (Lipinski definition) is 1. The van der Waals surface area contributed by atoms with Gasteiger partial charge in [-0.3, -0.25) is 9.69 Å². The van der Waals surface area contributed by atoms with E-state index in [0.717, 1.165) is 31.8 Å². The number of carbonyl (C=O) groups is 1. The van der Waals surface area contributed by atoms with Gasteiger partial charge in [0.25, 0.3) is 0 Å². The van der Waals surface area contributed by atoms with Crippen molar-refractivity contribution in [1.29, 1.82) is 0 Å². The average Bonchev–Trinajstić information content (AvgIpc) is 3.25. The zero-order chi connectivity index (χ0) is 16.2. The number of rotatable bonds is 5. The van der Waals surface area contributed by atoms with Crippen molar-refractivity contribution < 1.29 is 9.53 Å². The number of carbonyl (C=O) groups excluding carboxylic acids is 1. The Hall–Kier alpha value is -1.47. The molecule has 2 aliphatic rings. The van der Waals surface area contributed by atoms with Crippen molar-refractivity contribution >= 4 is 5.91 Å². The quantitative estimate of drug-likeness (QED) is 0.880. The summed E-state index contributed by atoms with van der Waals surface area (Å²) in [5.74, 6) is 0.982. The maximum atomic E-state index is 12.5. The maximum Gasteiger partial charge on any atom is 0.237 e. The Kier molecular flexibility index (Phi) is 5.27. The van der Waals surface area contributed by atoms with Gasteiger partial charge in [-0.05, 0) is 26.7 Å². The molecular formula is C16H27N5O2. The number of amides is 1. The van der Waals surface area contributed by atoms with Crippen molar-refractivity contribution in [2.45, 2.75) is 64.3 Å². The molecule has 1 saturated heterocycles. The fourth-order valence-electron chi connectivity index (χ4n) is 3.49. The van der Waals surface area contributed by atoms with Crippen molar-refractivity contribution in [2.24, 2.45) is 0 Å². The topological polar surface area (TPSA) is 72.3 Å². The van der Waals surface area contributed by atoms with Crippen LogP contribution in [0.25, 0.3) is 0 Å². The molecule has 1 aliphatic carbocycles. The number of morpholine rings is 1. The zero-order valence-electron chi connectivity index (χ0n) is 14.1. The van der Waals surface area contributed by atoms with Crippen LogP contribution in [0.15, 0.2) is 6.33 Å². The normalized spacial score (nSPS) is 24.7. The molecule has 0 spiro atoms. The molecule has 0 aromatic carbocycles. The summed E-state index contributed by atoms with van der Waals surface area (Å²) in [6, 6.07) is 0.227. The number of ether oxygens (including phenoxy) is 1. The third kappa shape index (κ3) is 3.72. The first kappa shape index (κ1) is 16.4. The highest BCUT2D eigenvalue weighted by atomic mass is 16.5. The Morgan fingerprint density at radius 3 is 3.00 bits per heavy atom. The molecule has 23 heavy (non-hydrogen) atoms. The number of nitrogens with zero attached hydrogens (tertiary/aromatic N) is 4. The lowest BCUT2D eigenvalue weighted by Crippen LogP contribution is -2.52. The van der Waals surface area contributed by atoms with Gasteiger partial charge in [-0.25, -0.2) is 0 Å². The molecule has 3 rings (SSSR count). The standard InChI is InChI=1S/C16H27N5O2/c1-3-20-11-17-19-15(20)14-10-21(8-9-23-14)12(2)16(22)18-13-6-4-5-7-13/h11-14H,3-10H2,1-2H3,(H,18,22)/t12-,14-/m0/s1. The molecule has 1 N–H and O–H groups in total. The number of nitrogens with one attached hydrogen (secondary N) is 1. The van der Waals surface area contributed by atoms with Gasteiger partial charge in [-0.15, -0.1) is 10.2 Å². The summed E-state index contributed by atoms with van der Waals surface area (Å²) < 4.78 is 7.86. The van der Waals surface area contributed by atoms with Crippen molar-refractivity contribution in [1.82, 2.24) is 25.0 Å². The number of hydrogen-bond acceptors (Lipinski definition) is 5. The van der Waals surface area contributed by atoms with Crippen molar-refractivity contribution in [3.05, 3.63) is 12.2 Å².